The van der Waals surface area contributed by atoms with Crippen molar-refractivity contribution in [1.29, 1.82) is 0 Å². The number of hydrogen-bond donors (Lipinski definition) is 0. The van der Waals surface area contributed by atoms with Crippen LogP contribution in [-0.2, 0) is 6.42 Å². The van der Waals surface area contributed by atoms with E-state index in [4.69, 9.17) is 0 Å². The van der Waals surface area contributed by atoms with Crippen LogP contribution in [0.25, 0.3) is 17.0 Å². The van der Waals surface area contributed by atoms with E-state index >= 15 is 0 Å². The lowest BCUT2D eigenvalue weighted by Gasteiger charge is -2.02. The number of fused-ring (bicyclic) bond motifs is 1. The third kappa shape index (κ3) is 2.66. The van der Waals surface area contributed by atoms with Crippen LogP contribution >= 0.6 is 0 Å². The van der Waals surface area contributed by atoms with Crippen LogP contribution < -0.4 is 0 Å². The standard InChI is InChI=1S/C17H12FN5/c18-14-8-6-12(7-9-14)10-16-21-22-17-20-15(11-19-23(16)17)13-4-2-1-3-5-13/h1-9,11H,10H2. The maximum Gasteiger partial charge on any atom is 0.272 e. The molecule has 4 aromatic rings. The second kappa shape index (κ2) is 5.57. The van der Waals surface area contributed by atoms with Crippen molar-refractivity contribution in [2.24, 2.45) is 0 Å². The molecule has 2 aromatic carbocycles. The summed E-state index contributed by atoms with van der Waals surface area (Å²) in [6.45, 7) is 0. The summed E-state index contributed by atoms with van der Waals surface area (Å²) in [6.07, 6.45) is 2.21. The molecule has 5 nitrogen and oxygen atoms in total. The average Bonchev–Trinajstić information content (AvgIpc) is 3.00. The maximum atomic E-state index is 13.0. The van der Waals surface area contributed by atoms with Gasteiger partial charge in [-0.1, -0.05) is 42.5 Å². The molecule has 0 saturated heterocycles. The minimum absolute atomic E-state index is 0.257. The molecule has 2 heterocycles. The monoisotopic (exact) mass is 305 g/mol. The molecule has 0 spiro atoms. The summed E-state index contributed by atoms with van der Waals surface area (Å²) < 4.78 is 14.6. The van der Waals surface area contributed by atoms with Crippen LogP contribution in [0.3, 0.4) is 0 Å². The summed E-state index contributed by atoms with van der Waals surface area (Å²) in [5.41, 5.74) is 2.67. The van der Waals surface area contributed by atoms with Crippen molar-refractivity contribution in [3.05, 3.63) is 78.0 Å². The summed E-state index contributed by atoms with van der Waals surface area (Å²) in [5.74, 6) is 0.856. The number of nitrogens with zero attached hydrogens (tertiary/aromatic N) is 5. The Morgan fingerprint density at radius 3 is 2.48 bits per heavy atom. The van der Waals surface area contributed by atoms with Crippen molar-refractivity contribution in [2.75, 3.05) is 0 Å². The fourth-order valence-corrected chi connectivity index (χ4v) is 2.38. The molecule has 0 amide bonds. The van der Waals surface area contributed by atoms with E-state index in [1.165, 1.54) is 12.1 Å². The van der Waals surface area contributed by atoms with Crippen LogP contribution in [0.4, 0.5) is 4.39 Å². The minimum atomic E-state index is -0.257. The van der Waals surface area contributed by atoms with Gasteiger partial charge in [-0.05, 0) is 17.7 Å². The van der Waals surface area contributed by atoms with Gasteiger partial charge in [0.1, 0.15) is 5.82 Å². The number of aromatic nitrogens is 5. The number of rotatable bonds is 3. The molecule has 112 valence electrons. The fraction of sp³-hybridized carbons (Fsp3) is 0.0588. The van der Waals surface area contributed by atoms with Gasteiger partial charge >= 0.3 is 0 Å². The zero-order chi connectivity index (χ0) is 15.6. The fourth-order valence-electron chi connectivity index (χ4n) is 2.38. The Kier molecular flexibility index (Phi) is 3.27. The van der Waals surface area contributed by atoms with Crippen molar-refractivity contribution in [2.45, 2.75) is 6.42 Å². The highest BCUT2D eigenvalue weighted by molar-refractivity contribution is 5.59. The van der Waals surface area contributed by atoms with Crippen LogP contribution in [-0.4, -0.2) is 24.8 Å². The molecule has 0 saturated carbocycles. The highest BCUT2D eigenvalue weighted by atomic mass is 19.1. The molecular weight excluding hydrogens is 293 g/mol. The highest BCUT2D eigenvalue weighted by Crippen LogP contribution is 2.16. The van der Waals surface area contributed by atoms with Gasteiger partial charge in [0, 0.05) is 12.0 Å². The first-order chi connectivity index (χ1) is 11.3. The Balaban J connectivity index is 1.69. The van der Waals surface area contributed by atoms with Gasteiger partial charge in [-0.3, -0.25) is 0 Å². The molecule has 0 aliphatic rings. The van der Waals surface area contributed by atoms with Gasteiger partial charge in [-0.2, -0.15) is 9.61 Å². The van der Waals surface area contributed by atoms with E-state index in [0.717, 1.165) is 16.8 Å². The van der Waals surface area contributed by atoms with Crippen molar-refractivity contribution < 1.29 is 4.39 Å². The second-order valence-electron chi connectivity index (χ2n) is 5.14. The number of hydrogen-bond acceptors (Lipinski definition) is 4. The number of halogens is 1. The topological polar surface area (TPSA) is 56.0 Å². The Bertz CT molecular complexity index is 948. The van der Waals surface area contributed by atoms with Crippen LogP contribution in [0.5, 0.6) is 0 Å². The predicted molar refractivity (Wildman–Crippen MR) is 83.2 cm³/mol. The van der Waals surface area contributed by atoms with E-state index in [0.29, 0.717) is 18.0 Å². The quantitative estimate of drug-likeness (QED) is 0.584. The van der Waals surface area contributed by atoms with Gasteiger partial charge in [0.25, 0.3) is 5.78 Å². The van der Waals surface area contributed by atoms with Crippen molar-refractivity contribution >= 4 is 5.78 Å². The van der Waals surface area contributed by atoms with Gasteiger partial charge in [-0.15, -0.1) is 10.2 Å². The molecule has 0 radical (unpaired) electrons. The van der Waals surface area contributed by atoms with E-state index in [9.17, 15) is 4.39 Å². The van der Waals surface area contributed by atoms with Crippen LogP contribution in [0, 0.1) is 5.82 Å². The summed E-state index contributed by atoms with van der Waals surface area (Å²) in [5, 5.41) is 12.6. The van der Waals surface area contributed by atoms with Crippen LogP contribution in [0.2, 0.25) is 0 Å². The summed E-state index contributed by atoms with van der Waals surface area (Å²) in [4.78, 5) is 4.49. The Labute approximate surface area is 131 Å². The average molecular weight is 305 g/mol. The summed E-state index contributed by atoms with van der Waals surface area (Å²) in [7, 11) is 0. The molecule has 0 fully saturated rings. The van der Waals surface area contributed by atoms with Crippen molar-refractivity contribution in [1.82, 2.24) is 24.8 Å². The molecule has 2 aromatic heterocycles. The van der Waals surface area contributed by atoms with E-state index in [-0.39, 0.29) is 5.82 Å². The molecule has 0 aliphatic heterocycles. The Morgan fingerprint density at radius 1 is 0.913 bits per heavy atom. The highest BCUT2D eigenvalue weighted by Gasteiger charge is 2.10. The molecular formula is C17H12FN5. The van der Waals surface area contributed by atoms with E-state index in [1.807, 2.05) is 30.3 Å². The van der Waals surface area contributed by atoms with E-state index in [1.54, 1.807) is 22.8 Å². The third-order valence-electron chi connectivity index (χ3n) is 3.55. The zero-order valence-electron chi connectivity index (χ0n) is 12.1. The van der Waals surface area contributed by atoms with Crippen LogP contribution in [0.15, 0.2) is 60.8 Å². The van der Waals surface area contributed by atoms with Gasteiger partial charge in [0.2, 0.25) is 0 Å². The molecule has 0 unspecified atom stereocenters. The Morgan fingerprint density at radius 2 is 1.70 bits per heavy atom. The summed E-state index contributed by atoms with van der Waals surface area (Å²) in [6, 6.07) is 16.1. The summed E-state index contributed by atoms with van der Waals surface area (Å²) >= 11 is 0. The largest absolute Gasteiger partial charge is 0.272 e. The first-order valence-electron chi connectivity index (χ1n) is 7.17. The van der Waals surface area contributed by atoms with Crippen molar-refractivity contribution in [3.8, 4) is 11.3 Å². The van der Waals surface area contributed by atoms with Crippen molar-refractivity contribution in [3.63, 3.8) is 0 Å². The van der Waals surface area contributed by atoms with Gasteiger partial charge in [0.15, 0.2) is 5.82 Å². The van der Waals surface area contributed by atoms with Crippen LogP contribution in [0.1, 0.15) is 11.4 Å². The third-order valence-corrected chi connectivity index (χ3v) is 3.55. The lowest BCUT2D eigenvalue weighted by molar-refractivity contribution is 0.627. The number of benzene rings is 2. The predicted octanol–water partition coefficient (Wildman–Crippen LogP) is 2.92. The molecule has 0 bridgehead atoms. The lowest BCUT2D eigenvalue weighted by Crippen LogP contribution is -2.02. The molecule has 23 heavy (non-hydrogen) atoms. The lowest BCUT2D eigenvalue weighted by atomic mass is 10.1. The maximum absolute atomic E-state index is 13.0. The van der Waals surface area contributed by atoms with E-state index in [2.05, 4.69) is 20.3 Å². The zero-order valence-corrected chi connectivity index (χ0v) is 12.1. The first kappa shape index (κ1) is 13.5. The normalized spacial score (nSPS) is 11.0. The van der Waals surface area contributed by atoms with Gasteiger partial charge in [-0.25, -0.2) is 9.37 Å². The second-order valence-corrected chi connectivity index (χ2v) is 5.14. The SMILES string of the molecule is Fc1ccc(Cc2nnc3nc(-c4ccccc4)cnn23)cc1. The molecule has 4 rings (SSSR count). The van der Waals surface area contributed by atoms with Gasteiger partial charge in [0.05, 0.1) is 11.9 Å². The molecule has 0 aliphatic carbocycles. The van der Waals surface area contributed by atoms with E-state index < -0.39 is 0 Å². The smallest absolute Gasteiger partial charge is 0.208 e. The molecule has 0 atom stereocenters. The minimum Gasteiger partial charge on any atom is -0.208 e. The molecule has 0 N–H and O–H groups in total. The Hall–Kier alpha value is -3.15. The van der Waals surface area contributed by atoms with Gasteiger partial charge < -0.3 is 0 Å². The molecule has 6 heteroatoms. The first-order valence-corrected chi connectivity index (χ1v) is 7.17.